The summed E-state index contributed by atoms with van der Waals surface area (Å²) in [5, 5.41) is 4.65. The second-order valence-electron chi connectivity index (χ2n) is 7.09. The Kier molecular flexibility index (Phi) is 4.80. The molecule has 1 aliphatic rings. The fraction of sp³-hybridized carbons (Fsp3) is 0.381. The molecule has 1 aromatic carbocycles. The van der Waals surface area contributed by atoms with Crippen molar-refractivity contribution in [3.8, 4) is 0 Å². The van der Waals surface area contributed by atoms with Gasteiger partial charge in [-0.2, -0.15) is 0 Å². The summed E-state index contributed by atoms with van der Waals surface area (Å²) in [4.78, 5) is 16.1. The van der Waals surface area contributed by atoms with Gasteiger partial charge >= 0.3 is 0 Å². The lowest BCUT2D eigenvalue weighted by Crippen LogP contribution is -2.29. The van der Waals surface area contributed by atoms with Crippen molar-refractivity contribution >= 4 is 16.7 Å². The Morgan fingerprint density at radius 1 is 1.19 bits per heavy atom. The van der Waals surface area contributed by atoms with Crippen molar-refractivity contribution < 1.29 is 0 Å². The highest BCUT2D eigenvalue weighted by molar-refractivity contribution is 5.81. The third-order valence-corrected chi connectivity index (χ3v) is 5.07. The molecular weight excluding hydrogens is 322 g/mol. The number of para-hydroxylation sites is 1. The predicted molar refractivity (Wildman–Crippen MR) is 105 cm³/mol. The molecular formula is C21H25N5. The van der Waals surface area contributed by atoms with Crippen LogP contribution in [-0.4, -0.2) is 35.1 Å². The number of nitrogens with zero attached hydrogens (tertiary/aromatic N) is 4. The van der Waals surface area contributed by atoms with E-state index in [9.17, 15) is 0 Å². The number of benzene rings is 1. The SMILES string of the molecule is Cc1nc(C2CCCNC2)cc(N(C)Cc2cccc3cccnc23)n1. The normalized spacial score (nSPS) is 17.4. The fourth-order valence-corrected chi connectivity index (χ4v) is 3.71. The van der Waals surface area contributed by atoms with E-state index in [1.165, 1.54) is 23.8 Å². The Balaban J connectivity index is 1.61. The Morgan fingerprint density at radius 2 is 2.08 bits per heavy atom. The molecule has 134 valence electrons. The zero-order valence-electron chi connectivity index (χ0n) is 15.4. The van der Waals surface area contributed by atoms with Crippen LogP contribution < -0.4 is 10.2 Å². The molecule has 1 fully saturated rings. The molecule has 2 aromatic heterocycles. The van der Waals surface area contributed by atoms with Gasteiger partial charge in [0.25, 0.3) is 0 Å². The van der Waals surface area contributed by atoms with Crippen molar-refractivity contribution in [1.29, 1.82) is 0 Å². The number of hydrogen-bond donors (Lipinski definition) is 1. The van der Waals surface area contributed by atoms with Crippen LogP contribution in [0, 0.1) is 6.92 Å². The van der Waals surface area contributed by atoms with Gasteiger partial charge in [0.2, 0.25) is 0 Å². The van der Waals surface area contributed by atoms with Gasteiger partial charge in [-0.3, -0.25) is 4.98 Å². The van der Waals surface area contributed by atoms with Gasteiger partial charge in [-0.25, -0.2) is 9.97 Å². The Bertz CT molecular complexity index is 897. The topological polar surface area (TPSA) is 53.9 Å². The second kappa shape index (κ2) is 7.38. The Labute approximate surface area is 154 Å². The lowest BCUT2D eigenvalue weighted by atomic mass is 9.96. The number of aromatic nitrogens is 3. The van der Waals surface area contributed by atoms with Crippen molar-refractivity contribution in [3.63, 3.8) is 0 Å². The molecule has 1 saturated heterocycles. The van der Waals surface area contributed by atoms with Crippen LogP contribution in [0.25, 0.3) is 10.9 Å². The summed E-state index contributed by atoms with van der Waals surface area (Å²) >= 11 is 0. The maximum atomic E-state index is 4.71. The lowest BCUT2D eigenvalue weighted by molar-refractivity contribution is 0.453. The van der Waals surface area contributed by atoms with Gasteiger partial charge in [-0.15, -0.1) is 0 Å². The van der Waals surface area contributed by atoms with Crippen molar-refractivity contribution in [1.82, 2.24) is 20.3 Å². The average Bonchev–Trinajstić information content (AvgIpc) is 2.68. The number of pyridine rings is 1. The molecule has 5 nitrogen and oxygen atoms in total. The zero-order chi connectivity index (χ0) is 17.9. The minimum Gasteiger partial charge on any atom is -0.355 e. The van der Waals surface area contributed by atoms with Crippen LogP contribution in [0.1, 0.15) is 35.8 Å². The quantitative estimate of drug-likeness (QED) is 0.783. The van der Waals surface area contributed by atoms with E-state index in [1.54, 1.807) is 0 Å². The standard InChI is InChI=1S/C21H25N5/c1-15-24-19(17-9-4-10-22-13-17)12-20(25-15)26(2)14-18-7-3-6-16-8-5-11-23-21(16)18/h3,5-8,11-12,17,22H,4,9-10,13-14H2,1-2H3. The maximum Gasteiger partial charge on any atom is 0.132 e. The summed E-state index contributed by atoms with van der Waals surface area (Å²) in [6.07, 6.45) is 4.26. The van der Waals surface area contributed by atoms with E-state index in [2.05, 4.69) is 57.6 Å². The summed E-state index contributed by atoms with van der Waals surface area (Å²) < 4.78 is 0. The molecule has 3 aromatic rings. The first kappa shape index (κ1) is 16.9. The lowest BCUT2D eigenvalue weighted by Gasteiger charge is -2.25. The van der Waals surface area contributed by atoms with Crippen LogP contribution in [0.4, 0.5) is 5.82 Å². The van der Waals surface area contributed by atoms with Gasteiger partial charge in [-0.05, 0) is 37.9 Å². The van der Waals surface area contributed by atoms with Crippen LogP contribution in [0.15, 0.2) is 42.6 Å². The van der Waals surface area contributed by atoms with Crippen LogP contribution >= 0.6 is 0 Å². The van der Waals surface area contributed by atoms with Crippen molar-refractivity contribution in [3.05, 3.63) is 59.7 Å². The number of anilines is 1. The third kappa shape index (κ3) is 3.53. The molecule has 3 heterocycles. The van der Waals surface area contributed by atoms with Crippen molar-refractivity contribution in [2.45, 2.75) is 32.2 Å². The van der Waals surface area contributed by atoms with E-state index in [4.69, 9.17) is 4.98 Å². The molecule has 0 saturated carbocycles. The number of rotatable bonds is 4. The zero-order valence-corrected chi connectivity index (χ0v) is 15.4. The molecule has 26 heavy (non-hydrogen) atoms. The summed E-state index contributed by atoms with van der Waals surface area (Å²) in [5.74, 6) is 2.30. The summed E-state index contributed by atoms with van der Waals surface area (Å²) in [5.41, 5.74) is 3.43. The third-order valence-electron chi connectivity index (χ3n) is 5.07. The first-order valence-corrected chi connectivity index (χ1v) is 9.31. The van der Waals surface area contributed by atoms with Crippen LogP contribution in [0.3, 0.4) is 0 Å². The fourth-order valence-electron chi connectivity index (χ4n) is 3.71. The molecule has 0 aliphatic carbocycles. The van der Waals surface area contributed by atoms with Gasteiger partial charge in [0.05, 0.1) is 11.2 Å². The monoisotopic (exact) mass is 347 g/mol. The molecule has 0 amide bonds. The largest absolute Gasteiger partial charge is 0.355 e. The number of piperidine rings is 1. The van der Waals surface area contributed by atoms with E-state index in [0.717, 1.165) is 42.5 Å². The van der Waals surface area contributed by atoms with Crippen LogP contribution in [-0.2, 0) is 6.54 Å². The molecule has 1 N–H and O–H groups in total. The first-order valence-electron chi connectivity index (χ1n) is 9.31. The van der Waals surface area contributed by atoms with E-state index in [1.807, 2.05) is 19.2 Å². The molecule has 1 unspecified atom stereocenters. The van der Waals surface area contributed by atoms with Gasteiger partial charge < -0.3 is 10.2 Å². The smallest absolute Gasteiger partial charge is 0.132 e. The van der Waals surface area contributed by atoms with Gasteiger partial charge in [0, 0.05) is 43.7 Å². The maximum absolute atomic E-state index is 4.71. The number of hydrogen-bond acceptors (Lipinski definition) is 5. The van der Waals surface area contributed by atoms with Gasteiger partial charge in [-0.1, -0.05) is 24.3 Å². The van der Waals surface area contributed by atoms with E-state index in [0.29, 0.717) is 5.92 Å². The minimum absolute atomic E-state index is 0.483. The second-order valence-corrected chi connectivity index (χ2v) is 7.09. The average molecular weight is 347 g/mol. The summed E-state index contributed by atoms with van der Waals surface area (Å²) in [6, 6.07) is 12.6. The highest BCUT2D eigenvalue weighted by atomic mass is 15.2. The van der Waals surface area contributed by atoms with E-state index in [-0.39, 0.29) is 0 Å². The van der Waals surface area contributed by atoms with Gasteiger partial charge in [0.1, 0.15) is 11.6 Å². The minimum atomic E-state index is 0.483. The number of aryl methyl sites for hydroxylation is 1. The molecule has 4 rings (SSSR count). The number of nitrogens with one attached hydrogen (secondary N) is 1. The van der Waals surface area contributed by atoms with Crippen molar-refractivity contribution in [2.24, 2.45) is 0 Å². The molecule has 5 heteroatoms. The molecule has 0 radical (unpaired) electrons. The van der Waals surface area contributed by atoms with E-state index >= 15 is 0 Å². The van der Waals surface area contributed by atoms with Crippen molar-refractivity contribution in [2.75, 3.05) is 25.0 Å². The molecule has 1 atom stereocenters. The predicted octanol–water partition coefficient (Wildman–Crippen LogP) is 3.44. The molecule has 0 bridgehead atoms. The molecule has 1 aliphatic heterocycles. The van der Waals surface area contributed by atoms with E-state index < -0.39 is 0 Å². The highest BCUT2D eigenvalue weighted by Gasteiger charge is 2.19. The summed E-state index contributed by atoms with van der Waals surface area (Å²) in [7, 11) is 2.09. The Hall–Kier alpha value is -2.53. The van der Waals surface area contributed by atoms with Crippen LogP contribution in [0.2, 0.25) is 0 Å². The summed E-state index contributed by atoms with van der Waals surface area (Å²) in [6.45, 7) is 4.87. The Morgan fingerprint density at radius 3 is 2.92 bits per heavy atom. The highest BCUT2D eigenvalue weighted by Crippen LogP contribution is 2.25. The van der Waals surface area contributed by atoms with Crippen LogP contribution in [0.5, 0.6) is 0 Å². The number of fused-ring (bicyclic) bond motifs is 1. The molecule has 0 spiro atoms. The first-order chi connectivity index (χ1) is 12.7. The van der Waals surface area contributed by atoms with Gasteiger partial charge in [0.15, 0.2) is 0 Å².